The maximum Gasteiger partial charge on any atom is 0.127 e. The van der Waals surface area contributed by atoms with Crippen molar-refractivity contribution in [1.82, 2.24) is 10.3 Å². The van der Waals surface area contributed by atoms with Crippen molar-refractivity contribution in [2.75, 3.05) is 0 Å². The average Bonchev–Trinajstić information content (AvgIpc) is 2.69. The molecule has 17 heavy (non-hydrogen) atoms. The monoisotopic (exact) mass is 254 g/mol. The summed E-state index contributed by atoms with van der Waals surface area (Å²) in [5.74, 6) is -0.809. The van der Waals surface area contributed by atoms with Gasteiger partial charge in [-0.25, -0.2) is 13.8 Å². The standard InChI is InChI=1S/C12H12F2N2S/c1-8-16-7-11(17-8)6-15-5-9-4-10(13)2-3-12(9)14/h2-4,7,15H,5-6H2,1H3. The number of aryl methyl sites for hydroxylation is 1. The third-order valence-electron chi connectivity index (χ3n) is 2.29. The first-order valence-electron chi connectivity index (χ1n) is 5.21. The van der Waals surface area contributed by atoms with Crippen molar-refractivity contribution in [2.24, 2.45) is 0 Å². The van der Waals surface area contributed by atoms with Gasteiger partial charge in [0, 0.05) is 29.7 Å². The molecule has 0 radical (unpaired) electrons. The van der Waals surface area contributed by atoms with Crippen LogP contribution in [0.15, 0.2) is 24.4 Å². The Morgan fingerprint density at radius 1 is 1.29 bits per heavy atom. The Morgan fingerprint density at radius 3 is 2.82 bits per heavy atom. The summed E-state index contributed by atoms with van der Waals surface area (Å²) in [5.41, 5.74) is 0.339. The largest absolute Gasteiger partial charge is 0.308 e. The van der Waals surface area contributed by atoms with Crippen LogP contribution in [0.25, 0.3) is 0 Å². The Hall–Kier alpha value is -1.33. The van der Waals surface area contributed by atoms with Gasteiger partial charge in [0.25, 0.3) is 0 Å². The topological polar surface area (TPSA) is 24.9 Å². The molecule has 0 aliphatic heterocycles. The van der Waals surface area contributed by atoms with Crippen LogP contribution in [0.2, 0.25) is 0 Å². The van der Waals surface area contributed by atoms with Gasteiger partial charge in [0.2, 0.25) is 0 Å². The lowest BCUT2D eigenvalue weighted by atomic mass is 10.2. The van der Waals surface area contributed by atoms with E-state index < -0.39 is 5.82 Å². The van der Waals surface area contributed by atoms with E-state index in [0.717, 1.165) is 22.0 Å². The van der Waals surface area contributed by atoms with Gasteiger partial charge in [-0.3, -0.25) is 0 Å². The number of hydrogen-bond donors (Lipinski definition) is 1. The number of aromatic nitrogens is 1. The number of thiazole rings is 1. The van der Waals surface area contributed by atoms with Crippen LogP contribution < -0.4 is 5.32 Å². The molecular formula is C12H12F2N2S. The molecule has 0 saturated carbocycles. The maximum atomic E-state index is 13.3. The molecule has 0 unspecified atom stereocenters. The summed E-state index contributed by atoms with van der Waals surface area (Å²) in [6.45, 7) is 2.85. The molecule has 0 amide bonds. The highest BCUT2D eigenvalue weighted by Gasteiger charge is 2.04. The molecule has 0 aliphatic carbocycles. The van der Waals surface area contributed by atoms with E-state index in [1.807, 2.05) is 6.92 Å². The number of nitrogens with one attached hydrogen (secondary N) is 1. The van der Waals surface area contributed by atoms with Gasteiger partial charge in [0.1, 0.15) is 11.6 Å². The van der Waals surface area contributed by atoms with Gasteiger partial charge in [-0.05, 0) is 25.1 Å². The van der Waals surface area contributed by atoms with E-state index in [9.17, 15) is 8.78 Å². The third-order valence-corrected chi connectivity index (χ3v) is 3.20. The normalized spacial score (nSPS) is 10.8. The minimum Gasteiger partial charge on any atom is -0.308 e. The molecule has 1 aromatic carbocycles. The first-order chi connectivity index (χ1) is 8.15. The van der Waals surface area contributed by atoms with E-state index in [2.05, 4.69) is 10.3 Å². The van der Waals surface area contributed by atoms with Crippen molar-refractivity contribution in [3.05, 3.63) is 51.5 Å². The number of rotatable bonds is 4. The third kappa shape index (κ3) is 3.31. The van der Waals surface area contributed by atoms with Crippen molar-refractivity contribution in [1.29, 1.82) is 0 Å². The predicted molar refractivity (Wildman–Crippen MR) is 63.8 cm³/mol. The van der Waals surface area contributed by atoms with Crippen molar-refractivity contribution >= 4 is 11.3 Å². The lowest BCUT2D eigenvalue weighted by Gasteiger charge is -2.04. The van der Waals surface area contributed by atoms with Crippen LogP contribution in [0.3, 0.4) is 0 Å². The van der Waals surface area contributed by atoms with E-state index in [4.69, 9.17) is 0 Å². The zero-order valence-corrected chi connectivity index (χ0v) is 10.2. The molecule has 0 spiro atoms. The summed E-state index contributed by atoms with van der Waals surface area (Å²) >= 11 is 1.59. The zero-order valence-electron chi connectivity index (χ0n) is 9.34. The van der Waals surface area contributed by atoms with E-state index in [0.29, 0.717) is 18.7 Å². The lowest BCUT2D eigenvalue weighted by molar-refractivity contribution is 0.569. The number of benzene rings is 1. The summed E-state index contributed by atoms with van der Waals surface area (Å²) in [7, 11) is 0. The second kappa shape index (κ2) is 5.33. The van der Waals surface area contributed by atoms with Crippen molar-refractivity contribution in [3.63, 3.8) is 0 Å². The quantitative estimate of drug-likeness (QED) is 0.907. The van der Waals surface area contributed by atoms with Gasteiger partial charge in [-0.2, -0.15) is 0 Å². The molecule has 2 rings (SSSR count). The highest BCUT2D eigenvalue weighted by Crippen LogP contribution is 2.12. The fraction of sp³-hybridized carbons (Fsp3) is 0.250. The van der Waals surface area contributed by atoms with E-state index in [1.54, 1.807) is 17.5 Å². The van der Waals surface area contributed by atoms with Gasteiger partial charge in [0.05, 0.1) is 5.01 Å². The fourth-order valence-electron chi connectivity index (χ4n) is 1.49. The maximum absolute atomic E-state index is 13.3. The minimum absolute atomic E-state index is 0.306. The Morgan fingerprint density at radius 2 is 2.12 bits per heavy atom. The molecule has 2 nitrogen and oxygen atoms in total. The highest BCUT2D eigenvalue weighted by atomic mass is 32.1. The fourth-order valence-corrected chi connectivity index (χ4v) is 2.25. The number of nitrogens with zero attached hydrogens (tertiary/aromatic N) is 1. The Bertz CT molecular complexity index is 511. The van der Waals surface area contributed by atoms with Crippen LogP contribution in [-0.2, 0) is 13.1 Å². The van der Waals surface area contributed by atoms with Gasteiger partial charge in [-0.15, -0.1) is 11.3 Å². The molecule has 0 bridgehead atoms. The predicted octanol–water partition coefficient (Wildman–Crippen LogP) is 3.02. The summed E-state index contributed by atoms with van der Waals surface area (Å²) in [5, 5.41) is 4.06. The van der Waals surface area contributed by atoms with E-state index in [-0.39, 0.29) is 5.82 Å². The molecule has 0 fully saturated rings. The molecule has 2 aromatic rings. The summed E-state index contributed by atoms with van der Waals surface area (Å²) in [6.07, 6.45) is 1.79. The van der Waals surface area contributed by atoms with Crippen LogP contribution in [0, 0.1) is 18.6 Å². The Labute approximate surface area is 102 Å². The first kappa shape index (κ1) is 12.1. The Kier molecular flexibility index (Phi) is 3.81. The van der Waals surface area contributed by atoms with Gasteiger partial charge in [-0.1, -0.05) is 0 Å². The van der Waals surface area contributed by atoms with Crippen LogP contribution in [-0.4, -0.2) is 4.98 Å². The summed E-state index contributed by atoms with van der Waals surface area (Å²) < 4.78 is 26.2. The highest BCUT2D eigenvalue weighted by molar-refractivity contribution is 7.11. The van der Waals surface area contributed by atoms with Crippen molar-refractivity contribution in [2.45, 2.75) is 20.0 Å². The van der Waals surface area contributed by atoms with E-state index in [1.165, 1.54) is 6.07 Å². The van der Waals surface area contributed by atoms with Crippen LogP contribution in [0.5, 0.6) is 0 Å². The molecule has 0 atom stereocenters. The smallest absolute Gasteiger partial charge is 0.127 e. The molecule has 0 saturated heterocycles. The zero-order chi connectivity index (χ0) is 12.3. The van der Waals surface area contributed by atoms with Gasteiger partial charge in [0.15, 0.2) is 0 Å². The summed E-state index contributed by atoms with van der Waals surface area (Å²) in [4.78, 5) is 5.20. The van der Waals surface area contributed by atoms with Crippen LogP contribution in [0.4, 0.5) is 8.78 Å². The van der Waals surface area contributed by atoms with Crippen LogP contribution in [0.1, 0.15) is 15.4 Å². The Balaban J connectivity index is 1.91. The molecule has 1 heterocycles. The SMILES string of the molecule is Cc1ncc(CNCc2cc(F)ccc2F)s1. The average molecular weight is 254 g/mol. The minimum atomic E-state index is -0.420. The second-order valence-electron chi connectivity index (χ2n) is 3.68. The van der Waals surface area contributed by atoms with Gasteiger partial charge >= 0.3 is 0 Å². The van der Waals surface area contributed by atoms with E-state index >= 15 is 0 Å². The van der Waals surface area contributed by atoms with Crippen molar-refractivity contribution in [3.8, 4) is 0 Å². The molecule has 0 aliphatic rings. The molecule has 90 valence electrons. The summed E-state index contributed by atoms with van der Waals surface area (Å²) in [6, 6.07) is 3.47. The first-order valence-corrected chi connectivity index (χ1v) is 6.03. The molecule has 1 N–H and O–H groups in total. The van der Waals surface area contributed by atoms with Crippen molar-refractivity contribution < 1.29 is 8.78 Å². The second-order valence-corrected chi connectivity index (χ2v) is 5.00. The van der Waals surface area contributed by atoms with Crippen LogP contribution >= 0.6 is 11.3 Å². The molecular weight excluding hydrogens is 242 g/mol. The lowest BCUT2D eigenvalue weighted by Crippen LogP contribution is -2.13. The van der Waals surface area contributed by atoms with Gasteiger partial charge < -0.3 is 5.32 Å². The molecule has 5 heteroatoms. The number of hydrogen-bond acceptors (Lipinski definition) is 3. The molecule has 1 aromatic heterocycles. The number of halogens is 2.